The predicted molar refractivity (Wildman–Crippen MR) is 66.1 cm³/mol. The van der Waals surface area contributed by atoms with Crippen molar-refractivity contribution in [3.8, 4) is 11.5 Å². The van der Waals surface area contributed by atoms with Crippen molar-refractivity contribution >= 4 is 15.9 Å². The van der Waals surface area contributed by atoms with E-state index in [1.165, 1.54) is 0 Å². The molecule has 0 amide bonds. The highest BCUT2D eigenvalue weighted by atomic mass is 79.9. The maximum atomic E-state index is 5.57. The van der Waals surface area contributed by atoms with Gasteiger partial charge in [-0.3, -0.25) is 0 Å². The molecule has 0 unspecified atom stereocenters. The maximum absolute atomic E-state index is 5.57. The van der Waals surface area contributed by atoms with E-state index in [-0.39, 0.29) is 0 Å². The molecule has 1 N–H and O–H groups in total. The van der Waals surface area contributed by atoms with Gasteiger partial charge >= 0.3 is 0 Å². The lowest BCUT2D eigenvalue weighted by molar-refractivity contribution is 0.546. The van der Waals surface area contributed by atoms with Gasteiger partial charge in [0.2, 0.25) is 0 Å². The summed E-state index contributed by atoms with van der Waals surface area (Å²) in [6, 6.07) is 3.87. The van der Waals surface area contributed by atoms with Crippen LogP contribution in [0.15, 0.2) is 21.2 Å². The highest BCUT2D eigenvalue weighted by Crippen LogP contribution is 2.29. The zero-order chi connectivity index (χ0) is 11.7. The summed E-state index contributed by atoms with van der Waals surface area (Å²) in [5.41, 5.74) is 0.848. The van der Waals surface area contributed by atoms with Crippen LogP contribution in [-0.2, 0) is 13.6 Å². The Bertz CT molecular complexity index is 501. The Morgan fingerprint density at radius 3 is 2.81 bits per heavy atom. The fourth-order valence-electron chi connectivity index (χ4n) is 1.56. The number of aryl methyl sites for hydroxylation is 1. The average molecular weight is 284 g/mol. The highest BCUT2D eigenvalue weighted by molar-refractivity contribution is 9.10. The molecule has 0 atom stereocenters. The van der Waals surface area contributed by atoms with Gasteiger partial charge in [-0.05, 0) is 42.0 Å². The zero-order valence-electron chi connectivity index (χ0n) is 9.54. The van der Waals surface area contributed by atoms with Crippen molar-refractivity contribution in [2.45, 2.75) is 13.5 Å². The van der Waals surface area contributed by atoms with Gasteiger partial charge in [0.05, 0.1) is 6.54 Å². The summed E-state index contributed by atoms with van der Waals surface area (Å²) in [6.07, 6.45) is 0. The van der Waals surface area contributed by atoms with Crippen molar-refractivity contribution in [2.75, 3.05) is 7.05 Å². The fourth-order valence-corrected chi connectivity index (χ4v) is 2.05. The molecule has 0 bridgehead atoms. The molecular formula is C11H14BrN3O. The van der Waals surface area contributed by atoms with Crippen LogP contribution in [0.2, 0.25) is 0 Å². The Labute approximate surface area is 103 Å². The lowest BCUT2D eigenvalue weighted by Crippen LogP contribution is -2.10. The van der Waals surface area contributed by atoms with Crippen molar-refractivity contribution in [3.63, 3.8) is 0 Å². The molecule has 0 fully saturated rings. The molecular weight excluding hydrogens is 270 g/mol. The summed E-state index contributed by atoms with van der Waals surface area (Å²) >= 11 is 3.53. The van der Waals surface area contributed by atoms with Crippen LogP contribution in [0.25, 0.3) is 11.5 Å². The third kappa shape index (κ3) is 1.92. The summed E-state index contributed by atoms with van der Waals surface area (Å²) in [4.78, 5) is 4.54. The number of imidazole rings is 1. The molecule has 16 heavy (non-hydrogen) atoms. The minimum absolute atomic E-state index is 0.731. The molecule has 2 aromatic rings. The van der Waals surface area contributed by atoms with Crippen LogP contribution in [0.5, 0.6) is 0 Å². The smallest absolute Gasteiger partial charge is 0.155 e. The van der Waals surface area contributed by atoms with Crippen LogP contribution in [0.1, 0.15) is 11.6 Å². The van der Waals surface area contributed by atoms with E-state index in [0.29, 0.717) is 0 Å². The zero-order valence-corrected chi connectivity index (χ0v) is 11.1. The van der Waals surface area contributed by atoms with Crippen LogP contribution in [0.4, 0.5) is 0 Å². The Kier molecular flexibility index (Phi) is 3.16. The standard InChI is InChI=1S/C11H14BrN3O/c1-7-4-5-8(16-7)10-11(12)15(3)9(14-10)6-13-2/h4-5,13H,6H2,1-3H3. The second kappa shape index (κ2) is 4.43. The van der Waals surface area contributed by atoms with Gasteiger partial charge < -0.3 is 14.3 Å². The van der Waals surface area contributed by atoms with Gasteiger partial charge in [0, 0.05) is 7.05 Å². The second-order valence-electron chi connectivity index (χ2n) is 3.67. The van der Waals surface area contributed by atoms with Crippen molar-refractivity contribution < 1.29 is 4.42 Å². The molecule has 0 aliphatic rings. The number of rotatable bonds is 3. The Hall–Kier alpha value is -1.07. The molecule has 2 aromatic heterocycles. The second-order valence-corrected chi connectivity index (χ2v) is 4.42. The van der Waals surface area contributed by atoms with Gasteiger partial charge in [-0.15, -0.1) is 0 Å². The first kappa shape index (κ1) is 11.4. The molecule has 0 saturated carbocycles. The Morgan fingerprint density at radius 2 is 2.25 bits per heavy atom. The normalized spacial score (nSPS) is 11.0. The minimum atomic E-state index is 0.731. The number of hydrogen-bond acceptors (Lipinski definition) is 3. The largest absolute Gasteiger partial charge is 0.460 e. The molecule has 5 heteroatoms. The van der Waals surface area contributed by atoms with E-state index < -0.39 is 0 Å². The van der Waals surface area contributed by atoms with Crippen molar-refractivity contribution in [1.82, 2.24) is 14.9 Å². The molecule has 0 spiro atoms. The average Bonchev–Trinajstić information content (AvgIpc) is 2.78. The van der Waals surface area contributed by atoms with E-state index >= 15 is 0 Å². The van der Waals surface area contributed by atoms with Gasteiger partial charge in [-0.25, -0.2) is 4.98 Å². The van der Waals surface area contributed by atoms with Crippen LogP contribution >= 0.6 is 15.9 Å². The lowest BCUT2D eigenvalue weighted by atomic mass is 10.3. The summed E-state index contributed by atoms with van der Waals surface area (Å²) in [7, 11) is 3.88. The van der Waals surface area contributed by atoms with E-state index in [9.17, 15) is 0 Å². The monoisotopic (exact) mass is 283 g/mol. The molecule has 86 valence electrons. The molecule has 2 rings (SSSR count). The van der Waals surface area contributed by atoms with Crippen molar-refractivity contribution in [3.05, 3.63) is 28.3 Å². The molecule has 4 nitrogen and oxygen atoms in total. The van der Waals surface area contributed by atoms with E-state index in [1.54, 1.807) is 0 Å². The number of furan rings is 1. The third-order valence-corrected chi connectivity index (χ3v) is 3.33. The SMILES string of the molecule is CNCc1nc(-c2ccc(C)o2)c(Br)n1C. The van der Waals surface area contributed by atoms with Gasteiger partial charge in [-0.1, -0.05) is 0 Å². The summed E-state index contributed by atoms with van der Waals surface area (Å²) in [6.45, 7) is 2.66. The summed E-state index contributed by atoms with van der Waals surface area (Å²) < 4.78 is 8.51. The molecule has 0 aliphatic heterocycles. The number of halogens is 1. The minimum Gasteiger partial charge on any atom is -0.460 e. The van der Waals surface area contributed by atoms with Crippen molar-refractivity contribution in [1.29, 1.82) is 0 Å². The number of nitrogens with zero attached hydrogens (tertiary/aromatic N) is 2. The van der Waals surface area contributed by atoms with E-state index in [2.05, 4.69) is 26.2 Å². The third-order valence-electron chi connectivity index (χ3n) is 2.43. The van der Waals surface area contributed by atoms with Gasteiger partial charge in [0.25, 0.3) is 0 Å². The first-order chi connectivity index (χ1) is 7.63. The Balaban J connectivity index is 2.45. The molecule has 0 saturated heterocycles. The predicted octanol–water partition coefficient (Wildman–Crippen LogP) is 2.47. The molecule has 2 heterocycles. The van der Waals surface area contributed by atoms with Gasteiger partial charge in [-0.2, -0.15) is 0 Å². The van der Waals surface area contributed by atoms with E-state index in [4.69, 9.17) is 4.42 Å². The maximum Gasteiger partial charge on any atom is 0.155 e. The highest BCUT2D eigenvalue weighted by Gasteiger charge is 2.15. The van der Waals surface area contributed by atoms with Gasteiger partial charge in [0.1, 0.15) is 21.9 Å². The van der Waals surface area contributed by atoms with Gasteiger partial charge in [0.15, 0.2) is 5.76 Å². The first-order valence-electron chi connectivity index (χ1n) is 5.06. The first-order valence-corrected chi connectivity index (χ1v) is 5.85. The van der Waals surface area contributed by atoms with Crippen molar-refractivity contribution in [2.24, 2.45) is 7.05 Å². The quantitative estimate of drug-likeness (QED) is 0.941. The molecule has 0 radical (unpaired) electrons. The number of aromatic nitrogens is 2. The van der Waals surface area contributed by atoms with Crippen LogP contribution in [0.3, 0.4) is 0 Å². The lowest BCUT2D eigenvalue weighted by Gasteiger charge is -1.99. The molecule has 0 aromatic carbocycles. The van der Waals surface area contributed by atoms with Crippen LogP contribution in [-0.4, -0.2) is 16.6 Å². The fraction of sp³-hybridized carbons (Fsp3) is 0.364. The number of hydrogen-bond donors (Lipinski definition) is 1. The summed E-state index contributed by atoms with van der Waals surface area (Å²) in [5.74, 6) is 2.66. The van der Waals surface area contributed by atoms with Crippen LogP contribution in [0, 0.1) is 6.92 Å². The Morgan fingerprint density at radius 1 is 1.50 bits per heavy atom. The number of nitrogens with one attached hydrogen (secondary N) is 1. The molecule has 0 aliphatic carbocycles. The van der Waals surface area contributed by atoms with E-state index in [1.807, 2.05) is 37.7 Å². The summed E-state index contributed by atoms with van der Waals surface area (Å²) in [5, 5.41) is 3.09. The topological polar surface area (TPSA) is 43.0 Å². The van der Waals surface area contributed by atoms with E-state index in [0.717, 1.165) is 34.2 Å². The van der Waals surface area contributed by atoms with Crippen LogP contribution < -0.4 is 5.32 Å².